The Morgan fingerprint density at radius 1 is 1.35 bits per heavy atom. The highest BCUT2D eigenvalue weighted by Gasteiger charge is 2.25. The number of hydrogen-bond acceptors (Lipinski definition) is 2. The Bertz CT molecular complexity index is 552. The Kier molecular flexibility index (Phi) is 3.10. The van der Waals surface area contributed by atoms with Crippen LogP contribution in [0.1, 0.15) is 33.7 Å². The Balaban J connectivity index is 2.65. The van der Waals surface area contributed by atoms with Gasteiger partial charge in [-0.1, -0.05) is 20.8 Å². The predicted molar refractivity (Wildman–Crippen MR) is 81.0 cm³/mol. The first-order valence-corrected chi connectivity index (χ1v) is 6.81. The van der Waals surface area contributed by atoms with E-state index < -0.39 is 0 Å². The molecule has 0 aliphatic rings. The van der Waals surface area contributed by atoms with Crippen LogP contribution >= 0.6 is 22.6 Å². The Hall–Kier alpha value is -0.780. The molecule has 2 rings (SSSR count). The molecule has 1 heterocycles. The van der Waals surface area contributed by atoms with Crippen LogP contribution in [0.5, 0.6) is 0 Å². The highest BCUT2D eigenvalue weighted by molar-refractivity contribution is 14.1. The lowest BCUT2D eigenvalue weighted by molar-refractivity contribution is 0.270. The van der Waals surface area contributed by atoms with Crippen LogP contribution in [0.15, 0.2) is 18.2 Å². The zero-order valence-corrected chi connectivity index (χ0v) is 12.8. The molecule has 1 atom stereocenters. The second-order valence-corrected chi connectivity index (χ2v) is 6.76. The fraction of sp³-hybridized carbons (Fsp3) is 0.462. The fourth-order valence-corrected chi connectivity index (χ4v) is 2.36. The first-order chi connectivity index (χ1) is 7.80. The summed E-state index contributed by atoms with van der Waals surface area (Å²) in [5.41, 5.74) is 8.30. The van der Waals surface area contributed by atoms with Gasteiger partial charge in [-0.15, -0.1) is 0 Å². The summed E-state index contributed by atoms with van der Waals surface area (Å²) >= 11 is 2.29. The topological polar surface area (TPSA) is 43.8 Å². The van der Waals surface area contributed by atoms with Crippen molar-refractivity contribution in [3.63, 3.8) is 0 Å². The minimum Gasteiger partial charge on any atom is -0.369 e. The molecule has 0 spiro atoms. The van der Waals surface area contributed by atoms with E-state index in [-0.39, 0.29) is 5.41 Å². The molecule has 3 nitrogen and oxygen atoms in total. The van der Waals surface area contributed by atoms with Gasteiger partial charge in [-0.2, -0.15) is 0 Å². The third-order valence-electron chi connectivity index (χ3n) is 3.32. The van der Waals surface area contributed by atoms with Gasteiger partial charge in [0.25, 0.3) is 0 Å². The number of nitrogens with zero attached hydrogens (tertiary/aromatic N) is 2. The predicted octanol–water partition coefficient (Wildman–Crippen LogP) is 3.83. The van der Waals surface area contributed by atoms with E-state index >= 15 is 0 Å². The minimum atomic E-state index is 0.157. The zero-order chi connectivity index (χ0) is 12.8. The van der Waals surface area contributed by atoms with Crippen molar-refractivity contribution in [2.75, 3.05) is 5.73 Å². The summed E-state index contributed by atoms with van der Waals surface area (Å²) in [5, 5.41) is 0. The van der Waals surface area contributed by atoms with Gasteiger partial charge in [0.15, 0.2) is 0 Å². The number of hydrogen-bond donors (Lipinski definition) is 1. The first-order valence-electron chi connectivity index (χ1n) is 5.73. The quantitative estimate of drug-likeness (QED) is 0.800. The van der Waals surface area contributed by atoms with E-state index in [9.17, 15) is 0 Å². The van der Waals surface area contributed by atoms with Crippen molar-refractivity contribution in [1.82, 2.24) is 9.55 Å². The van der Waals surface area contributed by atoms with E-state index in [1.165, 1.54) is 3.57 Å². The number of imidazole rings is 1. The number of benzene rings is 1. The molecule has 0 amide bonds. The molecule has 17 heavy (non-hydrogen) atoms. The van der Waals surface area contributed by atoms with Crippen LogP contribution in [0, 0.1) is 8.99 Å². The zero-order valence-electron chi connectivity index (χ0n) is 10.7. The molecule has 0 aliphatic carbocycles. The van der Waals surface area contributed by atoms with Gasteiger partial charge in [0.1, 0.15) is 0 Å². The van der Waals surface area contributed by atoms with Crippen molar-refractivity contribution in [3.8, 4) is 0 Å². The Morgan fingerprint density at radius 3 is 2.59 bits per heavy atom. The van der Waals surface area contributed by atoms with Crippen molar-refractivity contribution < 1.29 is 0 Å². The summed E-state index contributed by atoms with van der Waals surface area (Å²) in [6.07, 6.45) is 0. The highest BCUT2D eigenvalue weighted by Crippen LogP contribution is 2.34. The van der Waals surface area contributed by atoms with Crippen LogP contribution in [0.25, 0.3) is 11.0 Å². The van der Waals surface area contributed by atoms with Crippen molar-refractivity contribution in [3.05, 3.63) is 21.8 Å². The van der Waals surface area contributed by atoms with Crippen molar-refractivity contribution in [2.24, 2.45) is 5.41 Å². The van der Waals surface area contributed by atoms with Gasteiger partial charge in [0.05, 0.1) is 11.0 Å². The lowest BCUT2D eigenvalue weighted by atomic mass is 9.88. The number of halogens is 1. The van der Waals surface area contributed by atoms with E-state index in [0.29, 0.717) is 12.0 Å². The average Bonchev–Trinajstić information content (AvgIpc) is 2.50. The second kappa shape index (κ2) is 4.15. The SMILES string of the molecule is CC(n1c(N)nc2cc(I)ccc21)C(C)(C)C. The van der Waals surface area contributed by atoms with Crippen LogP contribution in [-0.2, 0) is 0 Å². The molecule has 4 heteroatoms. The van der Waals surface area contributed by atoms with Crippen molar-refractivity contribution in [2.45, 2.75) is 33.7 Å². The number of nitrogen functional groups attached to an aromatic ring is 1. The van der Waals surface area contributed by atoms with Gasteiger partial charge < -0.3 is 10.3 Å². The molecule has 0 fully saturated rings. The summed E-state index contributed by atoms with van der Waals surface area (Å²) in [6, 6.07) is 6.57. The Labute approximate surface area is 116 Å². The van der Waals surface area contributed by atoms with Gasteiger partial charge in [0.2, 0.25) is 5.95 Å². The van der Waals surface area contributed by atoms with Crippen LogP contribution in [0.4, 0.5) is 5.95 Å². The first kappa shape index (κ1) is 12.7. The fourth-order valence-electron chi connectivity index (χ4n) is 1.88. The molecule has 0 aliphatic heterocycles. The maximum Gasteiger partial charge on any atom is 0.201 e. The maximum atomic E-state index is 6.05. The molecule has 92 valence electrons. The minimum absolute atomic E-state index is 0.157. The average molecular weight is 343 g/mol. The lowest BCUT2D eigenvalue weighted by Gasteiger charge is -2.29. The number of aromatic nitrogens is 2. The van der Waals surface area contributed by atoms with E-state index in [1.807, 2.05) is 0 Å². The van der Waals surface area contributed by atoms with Gasteiger partial charge in [-0.05, 0) is 53.1 Å². The number of rotatable bonds is 1. The maximum absolute atomic E-state index is 6.05. The molecular formula is C13H18IN3. The van der Waals surface area contributed by atoms with Gasteiger partial charge >= 0.3 is 0 Å². The van der Waals surface area contributed by atoms with Crippen LogP contribution < -0.4 is 5.73 Å². The number of fused-ring (bicyclic) bond motifs is 1. The van der Waals surface area contributed by atoms with Gasteiger partial charge in [-0.25, -0.2) is 4.98 Å². The largest absolute Gasteiger partial charge is 0.369 e. The van der Waals surface area contributed by atoms with Gasteiger partial charge in [-0.3, -0.25) is 0 Å². The van der Waals surface area contributed by atoms with E-state index in [2.05, 4.69) is 78.0 Å². The lowest BCUT2D eigenvalue weighted by Crippen LogP contribution is -2.22. The molecule has 2 N–H and O–H groups in total. The number of anilines is 1. The molecule has 2 aromatic rings. The Morgan fingerprint density at radius 2 is 2.00 bits per heavy atom. The van der Waals surface area contributed by atoms with E-state index in [0.717, 1.165) is 11.0 Å². The van der Waals surface area contributed by atoms with Crippen LogP contribution in [0.2, 0.25) is 0 Å². The molecule has 1 unspecified atom stereocenters. The summed E-state index contributed by atoms with van der Waals surface area (Å²) in [6.45, 7) is 8.84. The number of nitrogens with two attached hydrogens (primary N) is 1. The molecule has 0 saturated heterocycles. The van der Waals surface area contributed by atoms with E-state index in [1.54, 1.807) is 0 Å². The summed E-state index contributed by atoms with van der Waals surface area (Å²) in [7, 11) is 0. The molecular weight excluding hydrogens is 325 g/mol. The van der Waals surface area contributed by atoms with Crippen LogP contribution in [-0.4, -0.2) is 9.55 Å². The molecule has 0 bridgehead atoms. The normalized spacial score (nSPS) is 14.2. The second-order valence-electron chi connectivity index (χ2n) is 5.52. The summed E-state index contributed by atoms with van der Waals surface area (Å²) in [5.74, 6) is 0.601. The van der Waals surface area contributed by atoms with E-state index in [4.69, 9.17) is 5.73 Å². The highest BCUT2D eigenvalue weighted by atomic mass is 127. The standard InChI is InChI=1S/C13H18IN3/c1-8(13(2,3)4)17-11-6-5-9(14)7-10(11)16-12(17)15/h5-8H,1-4H3,(H2,15,16). The molecule has 0 radical (unpaired) electrons. The van der Waals surface area contributed by atoms with Crippen molar-refractivity contribution in [1.29, 1.82) is 0 Å². The van der Waals surface area contributed by atoms with Crippen molar-refractivity contribution >= 4 is 39.6 Å². The third kappa shape index (κ3) is 2.27. The summed E-state index contributed by atoms with van der Waals surface area (Å²) in [4.78, 5) is 4.44. The smallest absolute Gasteiger partial charge is 0.201 e. The molecule has 1 aromatic heterocycles. The van der Waals surface area contributed by atoms with Crippen LogP contribution in [0.3, 0.4) is 0 Å². The third-order valence-corrected chi connectivity index (χ3v) is 3.99. The molecule has 1 aromatic carbocycles. The summed E-state index contributed by atoms with van der Waals surface area (Å²) < 4.78 is 3.31. The van der Waals surface area contributed by atoms with Gasteiger partial charge in [0, 0.05) is 9.61 Å². The molecule has 0 saturated carbocycles. The monoisotopic (exact) mass is 343 g/mol.